The minimum Gasteiger partial charge on any atom is -0.454 e. The van der Waals surface area contributed by atoms with Crippen LogP contribution < -0.4 is 14.8 Å². The second-order valence-electron chi connectivity index (χ2n) is 4.66. The molecule has 0 bridgehead atoms. The van der Waals surface area contributed by atoms with Crippen LogP contribution in [0, 0.1) is 0 Å². The second kappa shape index (κ2) is 5.85. The first kappa shape index (κ1) is 13.5. The average molecular weight is 285 g/mol. The van der Waals surface area contributed by atoms with Crippen LogP contribution in [0.1, 0.15) is 15.9 Å². The Kier molecular flexibility index (Phi) is 3.75. The highest BCUT2D eigenvalue weighted by atomic mass is 16.7. The lowest BCUT2D eigenvalue weighted by atomic mass is 10.1. The molecule has 0 fully saturated rings. The van der Waals surface area contributed by atoms with E-state index in [2.05, 4.69) is 5.32 Å². The predicted molar refractivity (Wildman–Crippen MR) is 77.7 cm³/mol. The summed E-state index contributed by atoms with van der Waals surface area (Å²) in [4.78, 5) is 12.2. The van der Waals surface area contributed by atoms with Crippen LogP contribution in [-0.2, 0) is 11.3 Å². The molecular weight excluding hydrogens is 270 g/mol. The van der Waals surface area contributed by atoms with Gasteiger partial charge < -0.3 is 19.5 Å². The fourth-order valence-electron chi connectivity index (χ4n) is 2.15. The molecule has 0 aromatic heterocycles. The summed E-state index contributed by atoms with van der Waals surface area (Å²) < 4.78 is 15.6. The van der Waals surface area contributed by atoms with Gasteiger partial charge in [-0.15, -0.1) is 0 Å². The molecule has 5 heteroatoms. The normalized spacial score (nSPS) is 12.2. The molecule has 3 rings (SSSR count). The topological polar surface area (TPSA) is 56.8 Å². The maximum absolute atomic E-state index is 12.2. The fourth-order valence-corrected chi connectivity index (χ4v) is 2.15. The zero-order valence-corrected chi connectivity index (χ0v) is 11.6. The number of hydrogen-bond donors (Lipinski definition) is 1. The van der Waals surface area contributed by atoms with Crippen LogP contribution in [0.25, 0.3) is 0 Å². The quantitative estimate of drug-likeness (QED) is 0.938. The van der Waals surface area contributed by atoms with Crippen LogP contribution in [0.3, 0.4) is 0 Å². The molecule has 108 valence electrons. The van der Waals surface area contributed by atoms with Crippen molar-refractivity contribution in [1.82, 2.24) is 0 Å². The Morgan fingerprint density at radius 1 is 1.19 bits per heavy atom. The van der Waals surface area contributed by atoms with Crippen LogP contribution in [0.5, 0.6) is 11.5 Å². The third-order valence-corrected chi connectivity index (χ3v) is 3.13. The van der Waals surface area contributed by atoms with Crippen molar-refractivity contribution in [3.8, 4) is 11.5 Å². The molecule has 21 heavy (non-hydrogen) atoms. The molecular formula is C16H15NO4. The van der Waals surface area contributed by atoms with E-state index >= 15 is 0 Å². The number of methoxy groups -OCH3 is 1. The maximum Gasteiger partial charge on any atom is 0.255 e. The molecule has 2 aromatic carbocycles. The number of nitrogens with one attached hydrogen (secondary N) is 1. The Balaban J connectivity index is 1.75. The summed E-state index contributed by atoms with van der Waals surface area (Å²) >= 11 is 0. The molecule has 1 aliphatic heterocycles. The van der Waals surface area contributed by atoms with Crippen molar-refractivity contribution in [2.45, 2.75) is 6.61 Å². The lowest BCUT2D eigenvalue weighted by molar-refractivity contribution is 0.102. The fraction of sp³-hybridized carbons (Fsp3) is 0.188. The minimum atomic E-state index is -0.174. The van der Waals surface area contributed by atoms with Crippen LogP contribution in [0.4, 0.5) is 5.69 Å². The molecule has 0 spiro atoms. The zero-order valence-electron chi connectivity index (χ0n) is 11.6. The van der Waals surface area contributed by atoms with Gasteiger partial charge in [0.2, 0.25) is 6.79 Å². The molecule has 0 atom stereocenters. The lowest BCUT2D eigenvalue weighted by Crippen LogP contribution is -2.12. The van der Waals surface area contributed by atoms with Gasteiger partial charge in [-0.1, -0.05) is 12.1 Å². The molecule has 0 unspecified atom stereocenters. The molecule has 0 aliphatic carbocycles. The van der Waals surface area contributed by atoms with Gasteiger partial charge in [-0.05, 0) is 29.8 Å². The summed E-state index contributed by atoms with van der Waals surface area (Å²) in [6.45, 7) is 0.691. The highest BCUT2D eigenvalue weighted by molar-refractivity contribution is 6.04. The van der Waals surface area contributed by atoms with Gasteiger partial charge in [-0.3, -0.25) is 4.79 Å². The largest absolute Gasteiger partial charge is 0.454 e. The number of amides is 1. The first-order valence-corrected chi connectivity index (χ1v) is 6.55. The van der Waals surface area contributed by atoms with Gasteiger partial charge in [0.15, 0.2) is 11.5 Å². The average Bonchev–Trinajstić information content (AvgIpc) is 2.95. The van der Waals surface area contributed by atoms with Crippen molar-refractivity contribution in [3.05, 3.63) is 53.6 Å². The number of rotatable bonds is 4. The first-order valence-electron chi connectivity index (χ1n) is 6.55. The van der Waals surface area contributed by atoms with E-state index in [1.54, 1.807) is 31.4 Å². The predicted octanol–water partition coefficient (Wildman–Crippen LogP) is 2.81. The first-order chi connectivity index (χ1) is 10.3. The third-order valence-electron chi connectivity index (χ3n) is 3.13. The SMILES string of the molecule is COCc1cccc(C(=O)Nc2ccc3c(c2)OCO3)c1. The van der Waals surface area contributed by atoms with Gasteiger partial charge in [0.1, 0.15) is 0 Å². The van der Waals surface area contributed by atoms with E-state index < -0.39 is 0 Å². The van der Waals surface area contributed by atoms with E-state index in [4.69, 9.17) is 14.2 Å². The summed E-state index contributed by atoms with van der Waals surface area (Å²) in [5.74, 6) is 1.16. The second-order valence-corrected chi connectivity index (χ2v) is 4.66. The molecule has 2 aromatic rings. The highest BCUT2D eigenvalue weighted by Gasteiger charge is 2.14. The van der Waals surface area contributed by atoms with Crippen molar-refractivity contribution in [1.29, 1.82) is 0 Å². The number of hydrogen-bond acceptors (Lipinski definition) is 4. The maximum atomic E-state index is 12.2. The molecule has 0 saturated carbocycles. The summed E-state index contributed by atoms with van der Waals surface area (Å²) in [5, 5.41) is 2.84. The Morgan fingerprint density at radius 3 is 2.90 bits per heavy atom. The van der Waals surface area contributed by atoms with Gasteiger partial charge in [-0.25, -0.2) is 0 Å². The number of benzene rings is 2. The number of ether oxygens (including phenoxy) is 3. The third kappa shape index (κ3) is 2.98. The molecule has 0 radical (unpaired) electrons. The molecule has 5 nitrogen and oxygen atoms in total. The smallest absolute Gasteiger partial charge is 0.255 e. The van der Waals surface area contributed by atoms with Crippen LogP contribution in [0.15, 0.2) is 42.5 Å². The lowest BCUT2D eigenvalue weighted by Gasteiger charge is -2.07. The van der Waals surface area contributed by atoms with E-state index in [0.29, 0.717) is 29.4 Å². The van der Waals surface area contributed by atoms with Crippen molar-refractivity contribution < 1.29 is 19.0 Å². The van der Waals surface area contributed by atoms with E-state index in [0.717, 1.165) is 5.56 Å². The van der Waals surface area contributed by atoms with Gasteiger partial charge in [0.05, 0.1) is 6.61 Å². The highest BCUT2D eigenvalue weighted by Crippen LogP contribution is 2.34. The van der Waals surface area contributed by atoms with Crippen molar-refractivity contribution in [2.24, 2.45) is 0 Å². The van der Waals surface area contributed by atoms with Gasteiger partial charge in [0, 0.05) is 24.4 Å². The Hall–Kier alpha value is -2.53. The van der Waals surface area contributed by atoms with E-state index in [9.17, 15) is 4.79 Å². The van der Waals surface area contributed by atoms with E-state index in [1.807, 2.05) is 18.2 Å². The van der Waals surface area contributed by atoms with Crippen molar-refractivity contribution >= 4 is 11.6 Å². The Morgan fingerprint density at radius 2 is 2.05 bits per heavy atom. The summed E-state index contributed by atoms with van der Waals surface area (Å²) in [6.07, 6.45) is 0. The molecule has 1 amide bonds. The summed E-state index contributed by atoms with van der Waals surface area (Å²) in [5.41, 5.74) is 2.21. The van der Waals surface area contributed by atoms with E-state index in [1.165, 1.54) is 0 Å². The molecule has 1 N–H and O–H groups in total. The Labute approximate surface area is 122 Å². The van der Waals surface area contributed by atoms with Crippen molar-refractivity contribution in [2.75, 3.05) is 19.2 Å². The monoisotopic (exact) mass is 285 g/mol. The van der Waals surface area contributed by atoms with Crippen molar-refractivity contribution in [3.63, 3.8) is 0 Å². The van der Waals surface area contributed by atoms with Gasteiger partial charge >= 0.3 is 0 Å². The minimum absolute atomic E-state index is 0.174. The Bertz CT molecular complexity index is 669. The molecule has 0 saturated heterocycles. The number of anilines is 1. The van der Waals surface area contributed by atoms with Crippen LogP contribution in [-0.4, -0.2) is 19.8 Å². The van der Waals surface area contributed by atoms with Crippen LogP contribution in [0.2, 0.25) is 0 Å². The van der Waals surface area contributed by atoms with Gasteiger partial charge in [0.25, 0.3) is 5.91 Å². The zero-order chi connectivity index (χ0) is 14.7. The summed E-state index contributed by atoms with van der Waals surface area (Å²) in [6, 6.07) is 12.6. The van der Waals surface area contributed by atoms with E-state index in [-0.39, 0.29) is 12.7 Å². The molecule has 1 heterocycles. The van der Waals surface area contributed by atoms with Gasteiger partial charge in [-0.2, -0.15) is 0 Å². The standard InChI is InChI=1S/C16H15NO4/c1-19-9-11-3-2-4-12(7-11)16(18)17-13-5-6-14-15(8-13)21-10-20-14/h2-8H,9-10H2,1H3,(H,17,18). The summed E-state index contributed by atoms with van der Waals surface area (Å²) in [7, 11) is 1.62. The number of carbonyl (C=O) groups is 1. The number of fused-ring (bicyclic) bond motifs is 1. The number of carbonyl (C=O) groups excluding carboxylic acids is 1. The van der Waals surface area contributed by atoms with Crippen LogP contribution >= 0.6 is 0 Å². The molecule has 1 aliphatic rings.